The van der Waals surface area contributed by atoms with Crippen LogP contribution in [0.1, 0.15) is 38.7 Å². The van der Waals surface area contributed by atoms with Gasteiger partial charge in [0.25, 0.3) is 0 Å². The number of ether oxygens (including phenoxy) is 1. The van der Waals surface area contributed by atoms with Gasteiger partial charge in [-0.05, 0) is 32.8 Å². The molecule has 2 rings (SSSR count). The molecule has 3 nitrogen and oxygen atoms in total. The van der Waals surface area contributed by atoms with Crippen molar-refractivity contribution < 1.29 is 9.53 Å². The third kappa shape index (κ3) is 2.50. The molecule has 0 heterocycles. The van der Waals surface area contributed by atoms with Crippen molar-refractivity contribution in [2.45, 2.75) is 44.2 Å². The lowest BCUT2D eigenvalue weighted by molar-refractivity contribution is -0.157. The second-order valence-electron chi connectivity index (χ2n) is 5.71. The normalized spacial score (nSPS) is 27.6. The van der Waals surface area contributed by atoms with Gasteiger partial charge in [0, 0.05) is 5.92 Å². The van der Waals surface area contributed by atoms with Gasteiger partial charge in [-0.2, -0.15) is 0 Å². The molecule has 0 bridgehead atoms. The molecular weight excluding hydrogens is 214 g/mol. The standard InChI is InChI=1S/C14H19NO2/c1-13(2,3)17-12(16)14(15)9-11(14)10-7-5-4-6-8-10/h4-8,11H,9,15H2,1-3H3/t11-,14-/m1/s1. The summed E-state index contributed by atoms with van der Waals surface area (Å²) in [4.78, 5) is 12.0. The molecule has 0 unspecified atom stereocenters. The Bertz CT molecular complexity index is 422. The van der Waals surface area contributed by atoms with Crippen molar-refractivity contribution in [2.75, 3.05) is 0 Å². The summed E-state index contributed by atoms with van der Waals surface area (Å²) < 4.78 is 5.35. The second-order valence-corrected chi connectivity index (χ2v) is 5.71. The van der Waals surface area contributed by atoms with E-state index in [-0.39, 0.29) is 11.9 Å². The Labute approximate surface area is 102 Å². The second kappa shape index (κ2) is 3.84. The van der Waals surface area contributed by atoms with E-state index in [4.69, 9.17) is 10.5 Å². The van der Waals surface area contributed by atoms with E-state index in [1.54, 1.807) is 0 Å². The fraction of sp³-hybridized carbons (Fsp3) is 0.500. The summed E-state index contributed by atoms with van der Waals surface area (Å²) in [6.45, 7) is 5.57. The Balaban J connectivity index is 2.07. The van der Waals surface area contributed by atoms with Gasteiger partial charge in [0.1, 0.15) is 11.1 Å². The molecule has 92 valence electrons. The Kier molecular flexibility index (Phi) is 2.74. The number of carbonyl (C=O) groups excluding carboxylic acids is 1. The SMILES string of the molecule is CC(C)(C)OC(=O)[C@@]1(N)C[C@@H]1c1ccccc1. The molecule has 0 radical (unpaired) electrons. The van der Waals surface area contributed by atoms with Crippen molar-refractivity contribution >= 4 is 5.97 Å². The number of carbonyl (C=O) groups is 1. The van der Waals surface area contributed by atoms with Crippen molar-refractivity contribution in [1.29, 1.82) is 0 Å². The maximum atomic E-state index is 12.0. The van der Waals surface area contributed by atoms with Crippen LogP contribution >= 0.6 is 0 Å². The van der Waals surface area contributed by atoms with Gasteiger partial charge in [0.2, 0.25) is 0 Å². The predicted octanol–water partition coefficient (Wildman–Crippen LogP) is 2.21. The molecule has 2 atom stereocenters. The maximum Gasteiger partial charge on any atom is 0.327 e. The predicted molar refractivity (Wildman–Crippen MR) is 66.6 cm³/mol. The van der Waals surface area contributed by atoms with Gasteiger partial charge in [-0.25, -0.2) is 0 Å². The Morgan fingerprint density at radius 1 is 1.35 bits per heavy atom. The minimum absolute atomic E-state index is 0.0959. The zero-order chi connectivity index (χ0) is 12.7. The van der Waals surface area contributed by atoms with Crippen molar-refractivity contribution in [3.05, 3.63) is 35.9 Å². The summed E-state index contributed by atoms with van der Waals surface area (Å²) in [5, 5.41) is 0. The third-order valence-electron chi connectivity index (χ3n) is 2.98. The van der Waals surface area contributed by atoms with E-state index in [9.17, 15) is 4.79 Å². The van der Waals surface area contributed by atoms with Crippen LogP contribution in [0.5, 0.6) is 0 Å². The van der Waals surface area contributed by atoms with Gasteiger partial charge in [0.15, 0.2) is 0 Å². The average molecular weight is 233 g/mol. The molecule has 0 amide bonds. The molecule has 17 heavy (non-hydrogen) atoms. The highest BCUT2D eigenvalue weighted by Gasteiger charge is 2.59. The number of rotatable bonds is 2. The van der Waals surface area contributed by atoms with Gasteiger partial charge in [0.05, 0.1) is 0 Å². The van der Waals surface area contributed by atoms with Gasteiger partial charge in [-0.1, -0.05) is 30.3 Å². The zero-order valence-corrected chi connectivity index (χ0v) is 10.6. The summed E-state index contributed by atoms with van der Waals surface area (Å²) in [6.07, 6.45) is 0.673. The van der Waals surface area contributed by atoms with Crippen LogP contribution < -0.4 is 5.73 Å². The number of esters is 1. The molecule has 1 aromatic carbocycles. The van der Waals surface area contributed by atoms with E-state index in [0.29, 0.717) is 6.42 Å². The number of hydrogen-bond acceptors (Lipinski definition) is 3. The number of benzene rings is 1. The average Bonchev–Trinajstić information content (AvgIpc) is 2.91. The number of hydrogen-bond donors (Lipinski definition) is 1. The molecule has 0 spiro atoms. The quantitative estimate of drug-likeness (QED) is 0.797. The highest BCUT2D eigenvalue weighted by molar-refractivity contribution is 5.87. The lowest BCUT2D eigenvalue weighted by Crippen LogP contribution is -2.40. The van der Waals surface area contributed by atoms with Crippen molar-refractivity contribution in [2.24, 2.45) is 5.73 Å². The first-order valence-corrected chi connectivity index (χ1v) is 5.90. The molecule has 2 N–H and O–H groups in total. The smallest absolute Gasteiger partial charge is 0.327 e. The van der Waals surface area contributed by atoms with Crippen molar-refractivity contribution in [3.8, 4) is 0 Å². The van der Waals surface area contributed by atoms with Crippen LogP contribution in [0.25, 0.3) is 0 Å². The Morgan fingerprint density at radius 2 is 1.94 bits per heavy atom. The number of nitrogens with two attached hydrogens (primary N) is 1. The van der Waals surface area contributed by atoms with E-state index in [1.165, 1.54) is 0 Å². The van der Waals surface area contributed by atoms with Gasteiger partial charge < -0.3 is 10.5 Å². The van der Waals surface area contributed by atoms with Crippen LogP contribution in [0, 0.1) is 0 Å². The fourth-order valence-corrected chi connectivity index (χ4v) is 1.98. The molecular formula is C14H19NO2. The van der Waals surface area contributed by atoms with Crippen LogP contribution in [0.2, 0.25) is 0 Å². The monoisotopic (exact) mass is 233 g/mol. The summed E-state index contributed by atoms with van der Waals surface area (Å²) in [5.41, 5.74) is 5.91. The van der Waals surface area contributed by atoms with E-state index in [0.717, 1.165) is 5.56 Å². The zero-order valence-electron chi connectivity index (χ0n) is 10.6. The van der Waals surface area contributed by atoms with Gasteiger partial charge >= 0.3 is 5.97 Å². The lowest BCUT2D eigenvalue weighted by atomic mass is 10.1. The summed E-state index contributed by atoms with van der Waals surface area (Å²) in [7, 11) is 0. The molecule has 3 heteroatoms. The van der Waals surface area contributed by atoms with E-state index >= 15 is 0 Å². The highest BCUT2D eigenvalue weighted by atomic mass is 16.6. The summed E-state index contributed by atoms with van der Waals surface area (Å²) in [6, 6.07) is 9.89. The molecule has 1 saturated carbocycles. The van der Waals surface area contributed by atoms with Crippen LogP contribution in [-0.4, -0.2) is 17.1 Å². The van der Waals surface area contributed by atoms with Gasteiger partial charge in [-0.3, -0.25) is 4.79 Å². The molecule has 1 fully saturated rings. The van der Waals surface area contributed by atoms with Gasteiger partial charge in [-0.15, -0.1) is 0 Å². The lowest BCUT2D eigenvalue weighted by Gasteiger charge is -2.22. The van der Waals surface area contributed by atoms with Crippen LogP contribution in [-0.2, 0) is 9.53 Å². The summed E-state index contributed by atoms with van der Waals surface area (Å²) >= 11 is 0. The summed E-state index contributed by atoms with van der Waals surface area (Å²) in [5.74, 6) is -0.197. The minimum atomic E-state index is -0.825. The topological polar surface area (TPSA) is 52.3 Å². The largest absolute Gasteiger partial charge is 0.459 e. The van der Waals surface area contributed by atoms with E-state index in [1.807, 2.05) is 51.1 Å². The molecule has 1 aromatic rings. The first kappa shape index (κ1) is 12.1. The third-order valence-corrected chi connectivity index (χ3v) is 2.98. The van der Waals surface area contributed by atoms with E-state index < -0.39 is 11.1 Å². The van der Waals surface area contributed by atoms with Crippen molar-refractivity contribution in [1.82, 2.24) is 0 Å². The van der Waals surface area contributed by atoms with Crippen LogP contribution in [0.15, 0.2) is 30.3 Å². The van der Waals surface area contributed by atoms with Crippen LogP contribution in [0.4, 0.5) is 0 Å². The molecule has 0 saturated heterocycles. The molecule has 1 aliphatic rings. The Morgan fingerprint density at radius 3 is 2.47 bits per heavy atom. The molecule has 0 aliphatic heterocycles. The van der Waals surface area contributed by atoms with Crippen LogP contribution in [0.3, 0.4) is 0 Å². The Hall–Kier alpha value is -1.35. The van der Waals surface area contributed by atoms with Crippen molar-refractivity contribution in [3.63, 3.8) is 0 Å². The maximum absolute atomic E-state index is 12.0. The fourth-order valence-electron chi connectivity index (χ4n) is 1.98. The first-order valence-electron chi connectivity index (χ1n) is 5.90. The first-order chi connectivity index (χ1) is 7.83. The molecule has 1 aliphatic carbocycles. The minimum Gasteiger partial charge on any atom is -0.459 e. The highest BCUT2D eigenvalue weighted by Crippen LogP contribution is 2.50. The van der Waals surface area contributed by atoms with E-state index in [2.05, 4.69) is 0 Å². The molecule has 0 aromatic heterocycles.